The van der Waals surface area contributed by atoms with Crippen LogP contribution < -0.4 is 11.1 Å². The normalized spacial score (nSPS) is 17.1. The number of nitrogens with one attached hydrogen (secondary N) is 1. The summed E-state index contributed by atoms with van der Waals surface area (Å²) in [5, 5.41) is 25.6. The van der Waals surface area contributed by atoms with Crippen molar-refractivity contribution in [3.63, 3.8) is 0 Å². The van der Waals surface area contributed by atoms with Crippen LogP contribution in [-0.2, 0) is 22.4 Å². The molecule has 1 fully saturated rings. The predicted octanol–water partition coefficient (Wildman–Crippen LogP) is 2.97. The van der Waals surface area contributed by atoms with Crippen molar-refractivity contribution in [3.8, 4) is 0 Å². The smallest absolute Gasteiger partial charge is 0.255 e. The minimum absolute atomic E-state index is 0.165. The Morgan fingerprint density at radius 2 is 1.94 bits per heavy atom. The molecule has 1 aliphatic rings. The van der Waals surface area contributed by atoms with Crippen LogP contribution in [-0.4, -0.2) is 52.2 Å². The average Bonchev–Trinajstić information content (AvgIpc) is 3.54. The molecular weight excluding hydrogens is 474 g/mol. The van der Waals surface area contributed by atoms with E-state index in [1.807, 2.05) is 55.5 Å². The van der Waals surface area contributed by atoms with Gasteiger partial charge >= 0.3 is 0 Å². The van der Waals surface area contributed by atoms with Gasteiger partial charge in [0.2, 0.25) is 0 Å². The van der Waals surface area contributed by atoms with Gasteiger partial charge in [-0.3, -0.25) is 9.59 Å². The first-order valence-corrected chi connectivity index (χ1v) is 13.1. The zero-order chi connectivity index (χ0) is 25.7. The maximum atomic E-state index is 13.0. The number of carbonyl (C=O) groups excluding carboxylic acids is 2. The Balaban J connectivity index is 1.27. The van der Waals surface area contributed by atoms with Gasteiger partial charge < -0.3 is 26.2 Å². The zero-order valence-electron chi connectivity index (χ0n) is 20.4. The Hall–Kier alpha value is -3.20. The van der Waals surface area contributed by atoms with Crippen LogP contribution in [0.15, 0.2) is 60.0 Å². The number of hydrogen-bond donors (Lipinski definition) is 4. The summed E-state index contributed by atoms with van der Waals surface area (Å²) in [5.74, 6) is -1.37. The molecule has 36 heavy (non-hydrogen) atoms. The standard InChI is InChI=1S/C28H33N3O4S/c1-18-6-4-8-21(14-18)24-10-5-13-31(24)28(35)26(33)25(32)27(34)30-12-11-22-16-19(17-36-22)15-20-7-2-3-9-23(20)29/h2-4,6-9,14,16-17,24-26,32-33H,5,10-13,15,29H2,1H3,(H,30,34)/t24-,25-,26-/m1/s1. The number of nitrogens with two attached hydrogens (primary N) is 1. The van der Waals surface area contributed by atoms with Gasteiger partial charge in [0.15, 0.2) is 12.2 Å². The maximum absolute atomic E-state index is 13.0. The maximum Gasteiger partial charge on any atom is 0.255 e. The molecule has 0 unspecified atom stereocenters. The molecular formula is C28H33N3O4S. The average molecular weight is 508 g/mol. The summed E-state index contributed by atoms with van der Waals surface area (Å²) in [5.41, 5.74) is 11.1. The molecule has 5 N–H and O–H groups in total. The predicted molar refractivity (Wildman–Crippen MR) is 142 cm³/mol. The summed E-state index contributed by atoms with van der Waals surface area (Å²) in [7, 11) is 0. The molecule has 2 amide bonds. The summed E-state index contributed by atoms with van der Waals surface area (Å²) < 4.78 is 0. The van der Waals surface area contributed by atoms with Crippen molar-refractivity contribution in [2.24, 2.45) is 0 Å². The fourth-order valence-electron chi connectivity index (χ4n) is 4.68. The number of nitrogens with zero attached hydrogens (tertiary/aromatic N) is 1. The Bertz CT molecular complexity index is 1210. The number of anilines is 1. The van der Waals surface area contributed by atoms with Crippen LogP contribution in [0.5, 0.6) is 0 Å². The number of aliphatic hydroxyl groups excluding tert-OH is 2. The topological polar surface area (TPSA) is 116 Å². The quantitative estimate of drug-likeness (QED) is 0.332. The Morgan fingerprint density at radius 1 is 1.14 bits per heavy atom. The van der Waals surface area contributed by atoms with E-state index in [1.165, 1.54) is 0 Å². The highest BCUT2D eigenvalue weighted by Gasteiger charge is 2.38. The number of aryl methyl sites for hydroxylation is 1. The number of likely N-dealkylation sites (tertiary alicyclic amines) is 1. The SMILES string of the molecule is Cc1cccc([C@H]2CCCN2C(=O)[C@H](O)[C@@H](O)C(=O)NCCc2cc(Cc3ccccc3N)cs2)c1. The fourth-order valence-corrected chi connectivity index (χ4v) is 5.57. The molecule has 0 aliphatic carbocycles. The lowest BCUT2D eigenvalue weighted by Crippen LogP contribution is -2.50. The van der Waals surface area contributed by atoms with Gasteiger partial charge in [-0.15, -0.1) is 11.3 Å². The third-order valence-corrected chi connectivity index (χ3v) is 7.66. The molecule has 0 saturated carbocycles. The molecule has 0 bridgehead atoms. The van der Waals surface area contributed by atoms with E-state index in [9.17, 15) is 19.8 Å². The largest absolute Gasteiger partial charge is 0.398 e. The number of para-hydroxylation sites is 1. The Labute approximate surface area is 215 Å². The number of nitrogen functional groups attached to an aromatic ring is 1. The number of rotatable bonds is 9. The number of aliphatic hydroxyl groups is 2. The molecule has 1 saturated heterocycles. The fraction of sp³-hybridized carbons (Fsp3) is 0.357. The van der Waals surface area contributed by atoms with Crippen LogP contribution in [0, 0.1) is 6.92 Å². The molecule has 0 spiro atoms. The van der Waals surface area contributed by atoms with Gasteiger partial charge in [0.25, 0.3) is 11.8 Å². The van der Waals surface area contributed by atoms with Crippen molar-refractivity contribution in [2.45, 2.75) is 50.9 Å². The zero-order valence-corrected chi connectivity index (χ0v) is 21.2. The van der Waals surface area contributed by atoms with E-state index >= 15 is 0 Å². The number of carbonyl (C=O) groups is 2. The number of thiophene rings is 1. The number of benzene rings is 2. The van der Waals surface area contributed by atoms with Crippen molar-refractivity contribution in [3.05, 3.63) is 87.1 Å². The van der Waals surface area contributed by atoms with Gasteiger partial charge in [-0.25, -0.2) is 0 Å². The van der Waals surface area contributed by atoms with Crippen molar-refractivity contribution in [1.29, 1.82) is 0 Å². The van der Waals surface area contributed by atoms with Crippen LogP contribution in [0.4, 0.5) is 5.69 Å². The van der Waals surface area contributed by atoms with E-state index in [2.05, 4.69) is 16.8 Å². The molecule has 4 rings (SSSR count). The van der Waals surface area contributed by atoms with Gasteiger partial charge in [-0.2, -0.15) is 0 Å². The third kappa shape index (κ3) is 6.13. The summed E-state index contributed by atoms with van der Waals surface area (Å²) in [6, 6.07) is 17.6. The Kier molecular flexibility index (Phi) is 8.40. The van der Waals surface area contributed by atoms with Gasteiger partial charge in [0.05, 0.1) is 6.04 Å². The lowest BCUT2D eigenvalue weighted by molar-refractivity contribution is -0.153. The highest BCUT2D eigenvalue weighted by Crippen LogP contribution is 2.33. The molecule has 7 nitrogen and oxygen atoms in total. The Morgan fingerprint density at radius 3 is 2.72 bits per heavy atom. The number of amides is 2. The second-order valence-corrected chi connectivity index (χ2v) is 10.3. The van der Waals surface area contributed by atoms with Crippen molar-refractivity contribution in [2.75, 3.05) is 18.8 Å². The van der Waals surface area contributed by atoms with E-state index in [4.69, 9.17) is 5.73 Å². The first kappa shape index (κ1) is 25.9. The second-order valence-electron chi connectivity index (χ2n) is 9.33. The molecule has 8 heteroatoms. The first-order valence-electron chi connectivity index (χ1n) is 12.2. The third-order valence-electron chi connectivity index (χ3n) is 6.61. The summed E-state index contributed by atoms with van der Waals surface area (Å²) >= 11 is 1.60. The van der Waals surface area contributed by atoms with E-state index in [0.29, 0.717) is 19.5 Å². The van der Waals surface area contributed by atoms with E-state index in [-0.39, 0.29) is 6.04 Å². The molecule has 1 aromatic heterocycles. The molecule has 0 radical (unpaired) electrons. The molecule has 1 aliphatic heterocycles. The van der Waals surface area contributed by atoms with E-state index < -0.39 is 24.0 Å². The van der Waals surface area contributed by atoms with Gasteiger partial charge in [0.1, 0.15) is 0 Å². The molecule has 190 valence electrons. The highest BCUT2D eigenvalue weighted by molar-refractivity contribution is 7.10. The van der Waals surface area contributed by atoms with Crippen molar-refractivity contribution >= 4 is 28.8 Å². The van der Waals surface area contributed by atoms with Crippen molar-refractivity contribution < 1.29 is 19.8 Å². The first-order chi connectivity index (χ1) is 17.3. The molecule has 3 aromatic rings. The molecule has 2 heterocycles. The lowest BCUT2D eigenvalue weighted by atomic mass is 10.0. The summed E-state index contributed by atoms with van der Waals surface area (Å²) in [6.45, 7) is 2.77. The minimum Gasteiger partial charge on any atom is -0.398 e. The van der Waals surface area contributed by atoms with Gasteiger partial charge in [-0.1, -0.05) is 48.0 Å². The van der Waals surface area contributed by atoms with Crippen LogP contribution in [0.1, 0.15) is 46.0 Å². The molecule has 2 aromatic carbocycles. The van der Waals surface area contributed by atoms with Crippen LogP contribution in [0.25, 0.3) is 0 Å². The molecule has 3 atom stereocenters. The van der Waals surface area contributed by atoms with Crippen LogP contribution >= 0.6 is 11.3 Å². The minimum atomic E-state index is -1.82. The van der Waals surface area contributed by atoms with E-state index in [0.717, 1.165) is 52.1 Å². The monoisotopic (exact) mass is 507 g/mol. The summed E-state index contributed by atoms with van der Waals surface area (Å²) in [6.07, 6.45) is -0.721. The van der Waals surface area contributed by atoms with Gasteiger partial charge in [-0.05, 0) is 60.4 Å². The summed E-state index contributed by atoms with van der Waals surface area (Å²) in [4.78, 5) is 28.1. The highest BCUT2D eigenvalue weighted by atomic mass is 32.1. The van der Waals surface area contributed by atoms with Crippen molar-refractivity contribution in [1.82, 2.24) is 10.2 Å². The van der Waals surface area contributed by atoms with E-state index in [1.54, 1.807) is 16.2 Å². The van der Waals surface area contributed by atoms with Gasteiger partial charge in [0, 0.05) is 30.1 Å². The van der Waals surface area contributed by atoms with Crippen LogP contribution in [0.3, 0.4) is 0 Å². The number of hydrogen-bond acceptors (Lipinski definition) is 6. The van der Waals surface area contributed by atoms with Crippen LogP contribution in [0.2, 0.25) is 0 Å². The lowest BCUT2D eigenvalue weighted by Gasteiger charge is -2.28. The second kappa shape index (κ2) is 11.7.